The fraction of sp³-hybridized carbons (Fsp3) is 0.467. The van der Waals surface area contributed by atoms with Crippen molar-refractivity contribution in [1.82, 2.24) is 0 Å². The molecule has 0 spiro atoms. The molecule has 5 nitrogen and oxygen atoms in total. The summed E-state index contributed by atoms with van der Waals surface area (Å²) in [6.07, 6.45) is 0.732. The summed E-state index contributed by atoms with van der Waals surface area (Å²) < 4.78 is 16.5. The number of methoxy groups -OCH3 is 1. The first-order valence-corrected chi connectivity index (χ1v) is 7.27. The van der Waals surface area contributed by atoms with Gasteiger partial charge in [0.1, 0.15) is 12.9 Å². The van der Waals surface area contributed by atoms with Crippen molar-refractivity contribution in [3.05, 3.63) is 22.2 Å². The third-order valence-corrected chi connectivity index (χ3v) is 3.37. The van der Waals surface area contributed by atoms with E-state index in [2.05, 4.69) is 15.9 Å². The highest BCUT2D eigenvalue weighted by atomic mass is 79.9. The predicted molar refractivity (Wildman–Crippen MR) is 82.0 cm³/mol. The molecule has 21 heavy (non-hydrogen) atoms. The van der Waals surface area contributed by atoms with Crippen molar-refractivity contribution in [2.24, 2.45) is 5.41 Å². The Labute approximate surface area is 132 Å². The second-order valence-corrected chi connectivity index (χ2v) is 5.90. The van der Waals surface area contributed by atoms with Crippen LogP contribution in [0.1, 0.15) is 31.1 Å². The second kappa shape index (κ2) is 7.45. The molecule has 0 aromatic heterocycles. The zero-order chi connectivity index (χ0) is 16.0. The lowest BCUT2D eigenvalue weighted by atomic mass is 9.95. The zero-order valence-corrected chi connectivity index (χ0v) is 14.2. The van der Waals surface area contributed by atoms with Crippen LogP contribution in [0.5, 0.6) is 11.5 Å². The number of ether oxygens (including phenoxy) is 3. The van der Waals surface area contributed by atoms with Gasteiger partial charge in [-0.1, -0.05) is 0 Å². The van der Waals surface area contributed by atoms with Crippen LogP contribution in [0.15, 0.2) is 16.6 Å². The van der Waals surface area contributed by atoms with Gasteiger partial charge in [-0.05, 0) is 48.8 Å². The van der Waals surface area contributed by atoms with Gasteiger partial charge in [0.25, 0.3) is 0 Å². The van der Waals surface area contributed by atoms with E-state index < -0.39 is 5.41 Å². The molecule has 0 atom stereocenters. The standard InChI is InChI=1S/C15H19BrO5/c1-5-20-12-7-10(8-17)6-11(16)13(12)21-9-15(2,3)14(18)19-4/h6-8H,5,9H2,1-4H3. The lowest BCUT2D eigenvalue weighted by Gasteiger charge is -2.23. The van der Waals surface area contributed by atoms with E-state index in [9.17, 15) is 9.59 Å². The van der Waals surface area contributed by atoms with Crippen LogP contribution in [0.4, 0.5) is 0 Å². The summed E-state index contributed by atoms with van der Waals surface area (Å²) in [6.45, 7) is 5.85. The molecule has 0 aliphatic heterocycles. The maximum atomic E-state index is 11.7. The van der Waals surface area contributed by atoms with Crippen LogP contribution in [-0.4, -0.2) is 32.6 Å². The third-order valence-electron chi connectivity index (χ3n) is 2.78. The molecule has 1 aromatic rings. The van der Waals surface area contributed by atoms with Crippen LogP contribution >= 0.6 is 15.9 Å². The van der Waals surface area contributed by atoms with E-state index >= 15 is 0 Å². The van der Waals surface area contributed by atoms with Gasteiger partial charge in [0.2, 0.25) is 0 Å². The van der Waals surface area contributed by atoms with Crippen LogP contribution in [0.25, 0.3) is 0 Å². The van der Waals surface area contributed by atoms with Crippen molar-refractivity contribution < 1.29 is 23.8 Å². The van der Waals surface area contributed by atoms with Gasteiger partial charge >= 0.3 is 5.97 Å². The van der Waals surface area contributed by atoms with E-state index in [0.29, 0.717) is 28.1 Å². The molecule has 0 heterocycles. The Hall–Kier alpha value is -1.56. The van der Waals surface area contributed by atoms with Crippen LogP contribution in [0.2, 0.25) is 0 Å². The molecule has 0 aliphatic rings. The number of aldehydes is 1. The van der Waals surface area contributed by atoms with Crippen LogP contribution < -0.4 is 9.47 Å². The van der Waals surface area contributed by atoms with Gasteiger partial charge in [-0.3, -0.25) is 9.59 Å². The Morgan fingerprint density at radius 1 is 1.33 bits per heavy atom. The molecule has 0 unspecified atom stereocenters. The summed E-state index contributed by atoms with van der Waals surface area (Å²) in [5, 5.41) is 0. The molecule has 0 radical (unpaired) electrons. The SMILES string of the molecule is CCOc1cc(C=O)cc(Br)c1OCC(C)(C)C(=O)OC. The fourth-order valence-electron chi connectivity index (χ4n) is 1.65. The second-order valence-electron chi connectivity index (χ2n) is 5.04. The molecule has 0 aliphatic carbocycles. The number of carbonyl (C=O) groups is 2. The minimum absolute atomic E-state index is 0.124. The summed E-state index contributed by atoms with van der Waals surface area (Å²) in [7, 11) is 1.34. The molecule has 6 heteroatoms. The number of rotatable bonds is 7. The average Bonchev–Trinajstić information content (AvgIpc) is 2.45. The molecule has 116 valence electrons. The number of hydrogen-bond acceptors (Lipinski definition) is 5. The van der Waals surface area contributed by atoms with E-state index in [-0.39, 0.29) is 12.6 Å². The lowest BCUT2D eigenvalue weighted by Crippen LogP contribution is -2.32. The zero-order valence-electron chi connectivity index (χ0n) is 12.6. The average molecular weight is 359 g/mol. The third kappa shape index (κ3) is 4.46. The summed E-state index contributed by atoms with van der Waals surface area (Å²) in [6, 6.07) is 3.23. The first-order chi connectivity index (χ1) is 9.85. The smallest absolute Gasteiger partial charge is 0.314 e. The molecule has 1 rings (SSSR count). The summed E-state index contributed by atoms with van der Waals surface area (Å²) >= 11 is 3.35. The number of esters is 1. The Balaban J connectivity index is 3.02. The van der Waals surface area contributed by atoms with Crippen LogP contribution in [0.3, 0.4) is 0 Å². The molecule has 0 bridgehead atoms. The molecule has 0 saturated heterocycles. The largest absolute Gasteiger partial charge is 0.490 e. The van der Waals surface area contributed by atoms with Gasteiger partial charge in [-0.15, -0.1) is 0 Å². The summed E-state index contributed by atoms with van der Waals surface area (Å²) in [5.74, 6) is 0.551. The normalized spacial score (nSPS) is 10.9. The highest BCUT2D eigenvalue weighted by molar-refractivity contribution is 9.10. The maximum Gasteiger partial charge on any atom is 0.314 e. The van der Waals surface area contributed by atoms with Crippen molar-refractivity contribution >= 4 is 28.2 Å². The molecule has 0 fully saturated rings. The van der Waals surface area contributed by atoms with E-state index in [0.717, 1.165) is 6.29 Å². The monoisotopic (exact) mass is 358 g/mol. The molecular weight excluding hydrogens is 340 g/mol. The van der Waals surface area contributed by atoms with Crippen molar-refractivity contribution in [3.8, 4) is 11.5 Å². The van der Waals surface area contributed by atoms with Crippen molar-refractivity contribution in [2.75, 3.05) is 20.3 Å². The molecule has 1 aromatic carbocycles. The van der Waals surface area contributed by atoms with Crippen LogP contribution in [0, 0.1) is 5.41 Å². The molecule has 0 N–H and O–H groups in total. The van der Waals surface area contributed by atoms with E-state index in [1.54, 1.807) is 26.0 Å². The first-order valence-electron chi connectivity index (χ1n) is 6.48. The Morgan fingerprint density at radius 2 is 2.00 bits per heavy atom. The van der Waals surface area contributed by atoms with Crippen molar-refractivity contribution in [2.45, 2.75) is 20.8 Å². The van der Waals surface area contributed by atoms with Gasteiger partial charge in [0.05, 0.1) is 23.6 Å². The highest BCUT2D eigenvalue weighted by Crippen LogP contribution is 2.37. The topological polar surface area (TPSA) is 61.8 Å². The van der Waals surface area contributed by atoms with E-state index in [4.69, 9.17) is 14.2 Å². The van der Waals surface area contributed by atoms with Crippen molar-refractivity contribution in [3.63, 3.8) is 0 Å². The Bertz CT molecular complexity index is 525. The van der Waals surface area contributed by atoms with Gasteiger partial charge in [0, 0.05) is 5.56 Å². The number of hydrogen-bond donors (Lipinski definition) is 0. The minimum Gasteiger partial charge on any atom is -0.490 e. The lowest BCUT2D eigenvalue weighted by molar-refractivity contribution is -0.152. The number of carbonyl (C=O) groups excluding carboxylic acids is 2. The van der Waals surface area contributed by atoms with E-state index in [1.807, 2.05) is 6.92 Å². The van der Waals surface area contributed by atoms with Crippen molar-refractivity contribution in [1.29, 1.82) is 0 Å². The van der Waals surface area contributed by atoms with Gasteiger partial charge in [-0.2, -0.15) is 0 Å². The Kier molecular flexibility index (Phi) is 6.20. The molecular formula is C15H19BrO5. The number of halogens is 1. The van der Waals surface area contributed by atoms with Crippen LogP contribution in [-0.2, 0) is 9.53 Å². The summed E-state index contributed by atoms with van der Waals surface area (Å²) in [4.78, 5) is 22.6. The van der Waals surface area contributed by atoms with E-state index in [1.165, 1.54) is 7.11 Å². The maximum absolute atomic E-state index is 11.7. The predicted octanol–water partition coefficient (Wildman–Crippen LogP) is 3.24. The quantitative estimate of drug-likeness (QED) is 0.553. The highest BCUT2D eigenvalue weighted by Gasteiger charge is 2.30. The van der Waals surface area contributed by atoms with Gasteiger partial charge < -0.3 is 14.2 Å². The first kappa shape index (κ1) is 17.5. The Morgan fingerprint density at radius 3 is 2.52 bits per heavy atom. The summed E-state index contributed by atoms with van der Waals surface area (Å²) in [5.41, 5.74) is -0.314. The fourth-order valence-corrected chi connectivity index (χ4v) is 2.22. The molecule has 0 saturated carbocycles. The minimum atomic E-state index is -0.791. The van der Waals surface area contributed by atoms with Gasteiger partial charge in [0.15, 0.2) is 11.5 Å². The molecule has 0 amide bonds. The van der Waals surface area contributed by atoms with Gasteiger partial charge in [-0.25, -0.2) is 0 Å². The number of benzene rings is 1.